The highest BCUT2D eigenvalue weighted by Crippen LogP contribution is 2.24. The zero-order valence-electron chi connectivity index (χ0n) is 17.1. The van der Waals surface area contributed by atoms with Crippen LogP contribution in [0.25, 0.3) is 0 Å². The SMILES string of the molecule is Cc1nc(NC(C)C)nc2c1CN(CC1CCOCC1)CC2.O=C(O)C(F)(F)F. The van der Waals surface area contributed by atoms with Crippen LogP contribution in [-0.2, 0) is 22.5 Å². The van der Waals surface area contributed by atoms with E-state index in [4.69, 9.17) is 19.6 Å². The minimum absolute atomic E-state index is 0.367. The molecular formula is C19H29F3N4O3. The van der Waals surface area contributed by atoms with E-state index in [2.05, 4.69) is 36.0 Å². The standard InChI is InChI=1S/C17H28N4O.C2HF3O2/c1-12(2)18-17-19-13(3)15-11-21(7-4-16(15)20-17)10-14-5-8-22-9-6-14;3-2(4,5)1(6)7/h12,14H,4-11H2,1-3H3,(H,18,19,20);(H,6,7). The first-order valence-electron chi connectivity index (χ1n) is 9.79. The number of nitrogens with zero attached hydrogens (tertiary/aromatic N) is 3. The number of aryl methyl sites for hydroxylation is 1. The van der Waals surface area contributed by atoms with Gasteiger partial charge >= 0.3 is 12.1 Å². The van der Waals surface area contributed by atoms with Gasteiger partial charge in [0, 0.05) is 56.6 Å². The molecule has 3 rings (SSSR count). The lowest BCUT2D eigenvalue weighted by atomic mass is 9.97. The van der Waals surface area contributed by atoms with Crippen molar-refractivity contribution in [3.05, 3.63) is 17.0 Å². The van der Waals surface area contributed by atoms with Crippen LogP contribution in [0.4, 0.5) is 19.1 Å². The fourth-order valence-corrected chi connectivity index (χ4v) is 3.41. The molecule has 0 aromatic carbocycles. The van der Waals surface area contributed by atoms with Gasteiger partial charge in [0.2, 0.25) is 5.95 Å². The van der Waals surface area contributed by atoms with Gasteiger partial charge in [0.15, 0.2) is 0 Å². The van der Waals surface area contributed by atoms with Gasteiger partial charge in [-0.05, 0) is 39.5 Å². The Morgan fingerprint density at radius 1 is 1.31 bits per heavy atom. The van der Waals surface area contributed by atoms with Crippen LogP contribution >= 0.6 is 0 Å². The summed E-state index contributed by atoms with van der Waals surface area (Å²) >= 11 is 0. The van der Waals surface area contributed by atoms with Crippen molar-refractivity contribution in [2.45, 2.75) is 58.8 Å². The van der Waals surface area contributed by atoms with E-state index in [0.717, 1.165) is 50.3 Å². The van der Waals surface area contributed by atoms with Crippen LogP contribution in [0, 0.1) is 12.8 Å². The monoisotopic (exact) mass is 418 g/mol. The maximum Gasteiger partial charge on any atom is 0.490 e. The summed E-state index contributed by atoms with van der Waals surface area (Å²) < 4.78 is 37.2. The van der Waals surface area contributed by atoms with Crippen LogP contribution in [0.5, 0.6) is 0 Å². The number of rotatable bonds is 4. The molecule has 2 aliphatic heterocycles. The summed E-state index contributed by atoms with van der Waals surface area (Å²) in [5.41, 5.74) is 3.70. The zero-order valence-corrected chi connectivity index (χ0v) is 17.1. The molecule has 2 aliphatic rings. The van der Waals surface area contributed by atoms with E-state index < -0.39 is 12.1 Å². The molecular weight excluding hydrogens is 389 g/mol. The molecule has 164 valence electrons. The number of carbonyl (C=O) groups is 1. The largest absolute Gasteiger partial charge is 0.490 e. The van der Waals surface area contributed by atoms with Crippen molar-refractivity contribution in [2.24, 2.45) is 5.92 Å². The van der Waals surface area contributed by atoms with Gasteiger partial charge < -0.3 is 15.2 Å². The molecule has 0 radical (unpaired) electrons. The zero-order chi connectivity index (χ0) is 21.6. The second-order valence-corrected chi connectivity index (χ2v) is 7.70. The molecule has 0 amide bonds. The Labute approximate surface area is 168 Å². The van der Waals surface area contributed by atoms with Gasteiger partial charge in [-0.2, -0.15) is 13.2 Å². The summed E-state index contributed by atoms with van der Waals surface area (Å²) in [4.78, 5) is 20.8. The highest BCUT2D eigenvalue weighted by atomic mass is 19.4. The summed E-state index contributed by atoms with van der Waals surface area (Å²) in [6.07, 6.45) is -1.64. The molecule has 0 spiro atoms. The quantitative estimate of drug-likeness (QED) is 0.777. The highest BCUT2D eigenvalue weighted by molar-refractivity contribution is 5.73. The van der Waals surface area contributed by atoms with Crippen LogP contribution in [0.2, 0.25) is 0 Å². The number of halogens is 3. The Balaban J connectivity index is 0.000000370. The molecule has 2 N–H and O–H groups in total. The van der Waals surface area contributed by atoms with E-state index in [1.165, 1.54) is 30.6 Å². The molecule has 1 fully saturated rings. The van der Waals surface area contributed by atoms with Crippen LogP contribution in [0.3, 0.4) is 0 Å². The fourth-order valence-electron chi connectivity index (χ4n) is 3.41. The van der Waals surface area contributed by atoms with Crippen molar-refractivity contribution >= 4 is 11.9 Å². The van der Waals surface area contributed by atoms with Crippen LogP contribution < -0.4 is 5.32 Å². The summed E-state index contributed by atoms with van der Waals surface area (Å²) in [6.45, 7) is 11.5. The number of carboxylic acid groups (broad SMARTS) is 1. The predicted molar refractivity (Wildman–Crippen MR) is 102 cm³/mol. The average Bonchev–Trinajstić information content (AvgIpc) is 2.62. The van der Waals surface area contributed by atoms with E-state index in [1.54, 1.807) is 0 Å². The van der Waals surface area contributed by atoms with Crippen molar-refractivity contribution in [1.29, 1.82) is 0 Å². The van der Waals surface area contributed by atoms with E-state index >= 15 is 0 Å². The second-order valence-electron chi connectivity index (χ2n) is 7.70. The number of carboxylic acids is 1. The summed E-state index contributed by atoms with van der Waals surface area (Å²) in [5.74, 6) is -1.19. The first-order valence-corrected chi connectivity index (χ1v) is 9.79. The molecule has 0 saturated carbocycles. The lowest BCUT2D eigenvalue weighted by molar-refractivity contribution is -0.192. The highest BCUT2D eigenvalue weighted by Gasteiger charge is 2.38. The van der Waals surface area contributed by atoms with Gasteiger partial charge in [0.1, 0.15) is 0 Å². The van der Waals surface area contributed by atoms with E-state index in [1.807, 2.05) is 0 Å². The number of alkyl halides is 3. The lowest BCUT2D eigenvalue weighted by Crippen LogP contribution is -2.37. The number of anilines is 1. The molecule has 3 heterocycles. The molecule has 0 unspecified atom stereocenters. The average molecular weight is 418 g/mol. The normalized spacial score (nSPS) is 18.0. The second kappa shape index (κ2) is 10.2. The summed E-state index contributed by atoms with van der Waals surface area (Å²) in [7, 11) is 0. The van der Waals surface area contributed by atoms with Crippen LogP contribution in [0.15, 0.2) is 0 Å². The number of nitrogens with one attached hydrogen (secondary N) is 1. The third kappa shape index (κ3) is 7.43. The van der Waals surface area contributed by atoms with Crippen molar-refractivity contribution in [2.75, 3.05) is 31.6 Å². The maximum absolute atomic E-state index is 10.6. The fraction of sp³-hybridized carbons (Fsp3) is 0.737. The van der Waals surface area contributed by atoms with Gasteiger partial charge in [0.05, 0.1) is 5.69 Å². The Hall–Kier alpha value is -1.94. The molecule has 1 aromatic rings. The Morgan fingerprint density at radius 2 is 1.93 bits per heavy atom. The maximum atomic E-state index is 10.6. The third-order valence-electron chi connectivity index (χ3n) is 4.86. The third-order valence-corrected chi connectivity index (χ3v) is 4.86. The van der Waals surface area contributed by atoms with Gasteiger partial charge in [-0.3, -0.25) is 4.90 Å². The Kier molecular flexibility index (Phi) is 8.21. The van der Waals surface area contributed by atoms with E-state index in [-0.39, 0.29) is 0 Å². The number of aliphatic carboxylic acids is 1. The molecule has 10 heteroatoms. The van der Waals surface area contributed by atoms with Crippen molar-refractivity contribution in [3.8, 4) is 0 Å². The number of fused-ring (bicyclic) bond motifs is 1. The van der Waals surface area contributed by atoms with Gasteiger partial charge in [-0.1, -0.05) is 0 Å². The first-order chi connectivity index (χ1) is 13.6. The molecule has 7 nitrogen and oxygen atoms in total. The molecule has 0 aliphatic carbocycles. The van der Waals surface area contributed by atoms with E-state index in [9.17, 15) is 13.2 Å². The lowest BCUT2D eigenvalue weighted by Gasteiger charge is -2.33. The van der Waals surface area contributed by atoms with Gasteiger partial charge in [-0.25, -0.2) is 14.8 Å². The molecule has 0 bridgehead atoms. The van der Waals surface area contributed by atoms with Crippen molar-refractivity contribution in [1.82, 2.24) is 14.9 Å². The topological polar surface area (TPSA) is 87.6 Å². The summed E-state index contributed by atoms with van der Waals surface area (Å²) in [5, 5.41) is 10.4. The molecule has 29 heavy (non-hydrogen) atoms. The molecule has 1 saturated heterocycles. The minimum atomic E-state index is -5.08. The number of hydrogen-bond donors (Lipinski definition) is 2. The van der Waals surface area contributed by atoms with Crippen molar-refractivity contribution < 1.29 is 27.8 Å². The molecule has 1 aromatic heterocycles. The smallest absolute Gasteiger partial charge is 0.475 e. The first kappa shape index (κ1) is 23.3. The Morgan fingerprint density at radius 3 is 2.48 bits per heavy atom. The van der Waals surface area contributed by atoms with Gasteiger partial charge in [0.25, 0.3) is 0 Å². The van der Waals surface area contributed by atoms with Gasteiger partial charge in [-0.15, -0.1) is 0 Å². The van der Waals surface area contributed by atoms with Crippen LogP contribution in [0.1, 0.15) is 43.6 Å². The number of aromatic nitrogens is 2. The number of hydrogen-bond acceptors (Lipinski definition) is 6. The summed E-state index contributed by atoms with van der Waals surface area (Å²) in [6, 6.07) is 0.367. The minimum Gasteiger partial charge on any atom is -0.475 e. The predicted octanol–water partition coefficient (Wildman–Crippen LogP) is 3.02. The van der Waals surface area contributed by atoms with E-state index in [0.29, 0.717) is 6.04 Å². The van der Waals surface area contributed by atoms with Crippen molar-refractivity contribution in [3.63, 3.8) is 0 Å². The Bertz CT molecular complexity index is 692. The number of ether oxygens (including phenoxy) is 1. The van der Waals surface area contributed by atoms with Crippen LogP contribution in [-0.4, -0.2) is 64.5 Å². The molecule has 0 atom stereocenters.